The van der Waals surface area contributed by atoms with Crippen LogP contribution < -0.4 is 10.6 Å². The fourth-order valence-electron chi connectivity index (χ4n) is 2.81. The summed E-state index contributed by atoms with van der Waals surface area (Å²) in [5.41, 5.74) is 2.09. The van der Waals surface area contributed by atoms with Gasteiger partial charge in [-0.3, -0.25) is 14.6 Å². The van der Waals surface area contributed by atoms with E-state index in [0.717, 1.165) is 17.9 Å². The van der Waals surface area contributed by atoms with Crippen LogP contribution in [0.3, 0.4) is 0 Å². The predicted molar refractivity (Wildman–Crippen MR) is 100.0 cm³/mol. The van der Waals surface area contributed by atoms with Crippen molar-refractivity contribution in [1.29, 1.82) is 0 Å². The number of anilines is 2. The van der Waals surface area contributed by atoms with Gasteiger partial charge in [-0.15, -0.1) is 0 Å². The molecular weight excluding hydrogens is 330 g/mol. The first-order valence-electron chi connectivity index (χ1n) is 8.43. The lowest BCUT2D eigenvalue weighted by molar-refractivity contribution is -0.111. The van der Waals surface area contributed by atoms with Crippen LogP contribution in [0.25, 0.3) is 0 Å². The van der Waals surface area contributed by atoms with Gasteiger partial charge in [0.2, 0.25) is 5.91 Å². The zero-order valence-electron chi connectivity index (χ0n) is 14.6. The third-order valence-electron chi connectivity index (χ3n) is 4.19. The van der Waals surface area contributed by atoms with Gasteiger partial charge in [-0.2, -0.15) is 0 Å². The van der Waals surface area contributed by atoms with E-state index in [9.17, 15) is 9.59 Å². The molecule has 3 rings (SSSR count). The summed E-state index contributed by atoms with van der Waals surface area (Å²) in [5.74, 6) is 0.417. The summed E-state index contributed by atoms with van der Waals surface area (Å²) in [5, 5.41) is 5.98. The number of carbonyl (C=O) groups is 2. The second-order valence-corrected chi connectivity index (χ2v) is 6.19. The Bertz CT molecular complexity index is 802. The molecule has 1 aromatic carbocycles. The number of nitrogens with one attached hydrogen (secondary N) is 2. The number of hydrogen-bond acceptors (Lipinski definition) is 5. The maximum atomic E-state index is 12.6. The Labute approximate surface area is 152 Å². The zero-order chi connectivity index (χ0) is 18.5. The van der Waals surface area contributed by atoms with Crippen LogP contribution in [0.15, 0.2) is 49.3 Å². The van der Waals surface area contributed by atoms with E-state index < -0.39 is 0 Å². The monoisotopic (exact) mass is 351 g/mol. The molecule has 1 atom stereocenters. The van der Waals surface area contributed by atoms with Gasteiger partial charge in [0.15, 0.2) is 0 Å². The van der Waals surface area contributed by atoms with Crippen molar-refractivity contribution in [2.45, 2.75) is 19.4 Å². The number of nitrogens with zero attached hydrogens (tertiary/aromatic N) is 3. The van der Waals surface area contributed by atoms with Gasteiger partial charge in [0.1, 0.15) is 5.82 Å². The molecule has 1 saturated heterocycles. The molecule has 2 heterocycles. The molecule has 26 heavy (non-hydrogen) atoms. The summed E-state index contributed by atoms with van der Waals surface area (Å²) < 4.78 is 0. The van der Waals surface area contributed by atoms with Gasteiger partial charge in [0.25, 0.3) is 5.91 Å². The minimum absolute atomic E-state index is 0.0223. The summed E-state index contributed by atoms with van der Waals surface area (Å²) in [4.78, 5) is 34.3. The number of amides is 2. The van der Waals surface area contributed by atoms with Crippen LogP contribution in [0.1, 0.15) is 22.5 Å². The maximum Gasteiger partial charge on any atom is 0.253 e. The van der Waals surface area contributed by atoms with Crippen LogP contribution in [0, 0.1) is 6.92 Å². The second kappa shape index (κ2) is 7.77. The maximum absolute atomic E-state index is 12.6. The Morgan fingerprint density at radius 1 is 1.23 bits per heavy atom. The molecule has 0 spiro atoms. The van der Waals surface area contributed by atoms with Crippen molar-refractivity contribution < 1.29 is 9.59 Å². The molecule has 1 aromatic heterocycles. The van der Waals surface area contributed by atoms with Crippen LogP contribution in [-0.4, -0.2) is 45.8 Å². The third kappa shape index (κ3) is 4.24. The van der Waals surface area contributed by atoms with E-state index in [-0.39, 0.29) is 17.9 Å². The molecule has 2 aromatic rings. The van der Waals surface area contributed by atoms with E-state index in [1.807, 2.05) is 11.8 Å². The average molecular weight is 351 g/mol. The third-order valence-corrected chi connectivity index (χ3v) is 4.19. The quantitative estimate of drug-likeness (QED) is 0.807. The van der Waals surface area contributed by atoms with Gasteiger partial charge < -0.3 is 15.5 Å². The lowest BCUT2D eigenvalue weighted by Crippen LogP contribution is -2.31. The van der Waals surface area contributed by atoms with Crippen molar-refractivity contribution in [2.24, 2.45) is 0 Å². The highest BCUT2D eigenvalue weighted by Gasteiger charge is 2.27. The van der Waals surface area contributed by atoms with Crippen molar-refractivity contribution in [3.05, 3.63) is 60.6 Å². The first kappa shape index (κ1) is 17.6. The topological polar surface area (TPSA) is 87.2 Å². The first-order valence-corrected chi connectivity index (χ1v) is 8.43. The van der Waals surface area contributed by atoms with E-state index in [1.165, 1.54) is 6.08 Å². The van der Waals surface area contributed by atoms with Crippen molar-refractivity contribution in [1.82, 2.24) is 14.9 Å². The molecule has 1 fully saturated rings. The average Bonchev–Trinajstić information content (AvgIpc) is 3.12. The van der Waals surface area contributed by atoms with Crippen LogP contribution in [0.5, 0.6) is 0 Å². The molecule has 7 heteroatoms. The molecule has 0 saturated carbocycles. The van der Waals surface area contributed by atoms with Gasteiger partial charge in [-0.25, -0.2) is 4.98 Å². The molecule has 0 radical (unpaired) electrons. The Morgan fingerprint density at radius 2 is 2.00 bits per heavy atom. The van der Waals surface area contributed by atoms with Gasteiger partial charge in [-0.05, 0) is 43.7 Å². The lowest BCUT2D eigenvalue weighted by Gasteiger charge is -2.17. The number of rotatable bonds is 5. The number of aryl methyl sites for hydroxylation is 1. The van der Waals surface area contributed by atoms with E-state index in [4.69, 9.17) is 0 Å². The van der Waals surface area contributed by atoms with E-state index >= 15 is 0 Å². The van der Waals surface area contributed by atoms with Gasteiger partial charge in [-0.1, -0.05) is 6.58 Å². The highest BCUT2D eigenvalue weighted by atomic mass is 16.2. The van der Waals surface area contributed by atoms with Crippen LogP contribution in [0.2, 0.25) is 0 Å². The molecule has 0 bridgehead atoms. The fourth-order valence-corrected chi connectivity index (χ4v) is 2.81. The number of aromatic nitrogens is 2. The molecule has 134 valence electrons. The molecule has 0 aliphatic carbocycles. The van der Waals surface area contributed by atoms with Gasteiger partial charge in [0, 0.05) is 30.4 Å². The SMILES string of the molecule is C=CC(=O)Nc1ccc(C(=O)N2CC[C@@H](Nc3cnc(C)cn3)C2)cc1. The minimum Gasteiger partial charge on any atom is -0.364 e. The first-order chi connectivity index (χ1) is 12.5. The number of benzene rings is 1. The van der Waals surface area contributed by atoms with Crippen molar-refractivity contribution in [2.75, 3.05) is 23.7 Å². The minimum atomic E-state index is -0.281. The number of carbonyl (C=O) groups excluding carboxylic acids is 2. The molecule has 2 N–H and O–H groups in total. The fraction of sp³-hybridized carbons (Fsp3) is 0.263. The largest absolute Gasteiger partial charge is 0.364 e. The molecule has 1 aliphatic heterocycles. The van der Waals surface area contributed by atoms with E-state index in [0.29, 0.717) is 24.3 Å². The van der Waals surface area contributed by atoms with Gasteiger partial charge in [0.05, 0.1) is 18.1 Å². The number of hydrogen-bond donors (Lipinski definition) is 2. The summed E-state index contributed by atoms with van der Waals surface area (Å²) in [6, 6.07) is 7.01. The Morgan fingerprint density at radius 3 is 2.65 bits per heavy atom. The standard InChI is InChI=1S/C19H21N5O2/c1-3-18(25)23-15-6-4-14(5-7-15)19(26)24-9-8-16(12-24)22-17-11-20-13(2)10-21-17/h3-7,10-11,16H,1,8-9,12H2,2H3,(H,21,22)(H,23,25)/t16-/m1/s1. The van der Waals surface area contributed by atoms with Gasteiger partial charge >= 0.3 is 0 Å². The van der Waals surface area contributed by atoms with Crippen molar-refractivity contribution in [3.8, 4) is 0 Å². The van der Waals surface area contributed by atoms with E-state index in [1.54, 1.807) is 36.7 Å². The summed E-state index contributed by atoms with van der Waals surface area (Å²) >= 11 is 0. The molecular formula is C19H21N5O2. The highest BCUT2D eigenvalue weighted by Crippen LogP contribution is 2.18. The van der Waals surface area contributed by atoms with Crippen LogP contribution >= 0.6 is 0 Å². The molecule has 1 aliphatic rings. The Balaban J connectivity index is 1.57. The summed E-state index contributed by atoms with van der Waals surface area (Å²) in [6.07, 6.45) is 5.48. The number of likely N-dealkylation sites (tertiary alicyclic amines) is 1. The smallest absolute Gasteiger partial charge is 0.253 e. The second-order valence-electron chi connectivity index (χ2n) is 6.19. The highest BCUT2D eigenvalue weighted by molar-refractivity contribution is 5.99. The normalized spacial score (nSPS) is 16.2. The van der Waals surface area contributed by atoms with Crippen molar-refractivity contribution in [3.63, 3.8) is 0 Å². The molecule has 0 unspecified atom stereocenters. The molecule has 7 nitrogen and oxygen atoms in total. The summed E-state index contributed by atoms with van der Waals surface area (Å²) in [7, 11) is 0. The predicted octanol–water partition coefficient (Wildman–Crippen LogP) is 2.24. The lowest BCUT2D eigenvalue weighted by atomic mass is 10.2. The van der Waals surface area contributed by atoms with Crippen LogP contribution in [-0.2, 0) is 4.79 Å². The Hall–Kier alpha value is -3.22. The zero-order valence-corrected chi connectivity index (χ0v) is 14.6. The van der Waals surface area contributed by atoms with Crippen LogP contribution in [0.4, 0.5) is 11.5 Å². The summed E-state index contributed by atoms with van der Waals surface area (Å²) in [6.45, 7) is 6.60. The van der Waals surface area contributed by atoms with Crippen molar-refractivity contribution >= 4 is 23.3 Å². The molecule has 2 amide bonds. The van der Waals surface area contributed by atoms with E-state index in [2.05, 4.69) is 27.2 Å². The Kier molecular flexibility index (Phi) is 5.26.